The molecule has 28 heavy (non-hydrogen) atoms. The molecule has 0 spiro atoms. The first-order valence-electron chi connectivity index (χ1n) is 7.88. The minimum Gasteiger partial charge on any atom is -0.389 e. The SMILES string of the molecule is C=C(/C=C(\C=NC(=C)SC)NC(=O)Nc1cnc(-n2nccn2)c(Cl)c1)NC. The Labute approximate surface area is 171 Å². The van der Waals surface area contributed by atoms with Crippen LogP contribution in [0.2, 0.25) is 5.02 Å². The van der Waals surface area contributed by atoms with Gasteiger partial charge >= 0.3 is 6.03 Å². The molecule has 0 aromatic carbocycles. The van der Waals surface area contributed by atoms with Crippen LogP contribution >= 0.6 is 23.4 Å². The molecule has 0 atom stereocenters. The summed E-state index contributed by atoms with van der Waals surface area (Å²) in [5.74, 6) is 0.353. The number of allylic oxidation sites excluding steroid dienone is 2. The minimum atomic E-state index is -0.501. The molecular weight excluding hydrogens is 400 g/mol. The van der Waals surface area contributed by atoms with Crippen molar-refractivity contribution < 1.29 is 4.79 Å². The molecule has 9 nitrogen and oxygen atoms in total. The first-order valence-corrected chi connectivity index (χ1v) is 9.48. The summed E-state index contributed by atoms with van der Waals surface area (Å²) in [5.41, 5.74) is 1.41. The van der Waals surface area contributed by atoms with Crippen molar-refractivity contribution in [1.29, 1.82) is 0 Å². The van der Waals surface area contributed by atoms with Gasteiger partial charge in [-0.2, -0.15) is 10.2 Å². The van der Waals surface area contributed by atoms with Crippen LogP contribution in [0.4, 0.5) is 10.5 Å². The Bertz CT molecular complexity index is 923. The number of aliphatic imine (C=N–C) groups is 1. The van der Waals surface area contributed by atoms with Crippen molar-refractivity contribution >= 4 is 41.3 Å². The second-order valence-electron chi connectivity index (χ2n) is 5.16. The van der Waals surface area contributed by atoms with Crippen molar-refractivity contribution in [2.24, 2.45) is 4.99 Å². The van der Waals surface area contributed by atoms with Gasteiger partial charge in [0.2, 0.25) is 0 Å². The average molecular weight is 419 g/mol. The fourth-order valence-electron chi connectivity index (χ4n) is 1.82. The number of carbonyl (C=O) groups is 1. The number of nitrogens with one attached hydrogen (secondary N) is 3. The Kier molecular flexibility index (Phi) is 7.78. The van der Waals surface area contributed by atoms with Crippen LogP contribution in [0.15, 0.2) is 65.3 Å². The Morgan fingerprint density at radius 3 is 2.68 bits per heavy atom. The maximum Gasteiger partial charge on any atom is 0.323 e. The van der Waals surface area contributed by atoms with Crippen molar-refractivity contribution in [3.05, 3.63) is 65.3 Å². The predicted molar refractivity (Wildman–Crippen MR) is 114 cm³/mol. The molecule has 2 amide bonds. The van der Waals surface area contributed by atoms with Gasteiger partial charge in [-0.05, 0) is 18.4 Å². The zero-order valence-corrected chi connectivity index (χ0v) is 16.9. The van der Waals surface area contributed by atoms with Gasteiger partial charge in [0.1, 0.15) is 0 Å². The standard InChI is InChI=1S/C17H19ClN8OS/c1-11(19-3)7-13(9-20-12(2)28-4)24-17(27)25-14-8-15(18)16(21-10-14)26-22-5-6-23-26/h5-10,19H,1-2H2,3-4H3,(H2,24,25,27)/b13-7+,20-9?. The predicted octanol–water partition coefficient (Wildman–Crippen LogP) is 2.96. The van der Waals surface area contributed by atoms with Crippen LogP contribution in [-0.2, 0) is 0 Å². The summed E-state index contributed by atoms with van der Waals surface area (Å²) in [7, 11) is 1.72. The van der Waals surface area contributed by atoms with Crippen LogP contribution in [0.3, 0.4) is 0 Å². The van der Waals surface area contributed by atoms with Gasteiger partial charge in [0, 0.05) is 12.7 Å². The molecule has 0 unspecified atom stereocenters. The smallest absolute Gasteiger partial charge is 0.323 e. The van der Waals surface area contributed by atoms with Gasteiger partial charge in [-0.15, -0.1) is 16.6 Å². The molecule has 0 saturated heterocycles. The van der Waals surface area contributed by atoms with E-state index in [1.165, 1.54) is 41.4 Å². The Morgan fingerprint density at radius 1 is 1.36 bits per heavy atom. The third kappa shape index (κ3) is 6.25. The third-order valence-electron chi connectivity index (χ3n) is 3.18. The number of thioether (sulfide) groups is 1. The number of anilines is 1. The lowest BCUT2D eigenvalue weighted by molar-refractivity contribution is 0.254. The summed E-state index contributed by atoms with van der Waals surface area (Å²) in [4.78, 5) is 21.9. The number of carbonyl (C=O) groups excluding carboxylic acids is 1. The van der Waals surface area contributed by atoms with E-state index in [0.717, 1.165) is 0 Å². The molecule has 0 aliphatic heterocycles. The summed E-state index contributed by atoms with van der Waals surface area (Å²) in [6.07, 6.45) is 9.45. The van der Waals surface area contributed by atoms with E-state index < -0.39 is 6.03 Å². The van der Waals surface area contributed by atoms with E-state index >= 15 is 0 Å². The molecule has 0 aliphatic carbocycles. The van der Waals surface area contributed by atoms with E-state index in [-0.39, 0.29) is 5.02 Å². The topological polar surface area (TPSA) is 109 Å². The number of nitrogens with zero attached hydrogens (tertiary/aromatic N) is 5. The largest absolute Gasteiger partial charge is 0.389 e. The van der Waals surface area contributed by atoms with Gasteiger partial charge < -0.3 is 16.0 Å². The number of aromatic nitrogens is 4. The van der Waals surface area contributed by atoms with E-state index in [9.17, 15) is 4.79 Å². The number of rotatable bonds is 8. The van der Waals surface area contributed by atoms with Crippen LogP contribution < -0.4 is 16.0 Å². The lowest BCUT2D eigenvalue weighted by atomic mass is 10.3. The Morgan fingerprint density at radius 2 is 2.07 bits per heavy atom. The number of pyridine rings is 1. The van der Waals surface area contributed by atoms with Gasteiger partial charge in [-0.3, -0.25) is 0 Å². The van der Waals surface area contributed by atoms with Crippen molar-refractivity contribution in [3.63, 3.8) is 0 Å². The van der Waals surface area contributed by atoms with Crippen LogP contribution in [0.25, 0.3) is 5.82 Å². The third-order valence-corrected chi connectivity index (χ3v) is 4.03. The molecule has 2 aromatic rings. The number of likely N-dealkylation sites (N-methyl/N-ethyl adjacent to an activating group) is 1. The van der Waals surface area contributed by atoms with Crippen LogP contribution in [-0.4, -0.2) is 45.5 Å². The monoisotopic (exact) mass is 418 g/mol. The molecule has 0 saturated carbocycles. The van der Waals surface area contributed by atoms with Gasteiger partial charge in [-0.1, -0.05) is 24.8 Å². The maximum atomic E-state index is 12.3. The summed E-state index contributed by atoms with van der Waals surface area (Å²) in [5, 5.41) is 17.0. The molecule has 0 bridgehead atoms. The first-order chi connectivity index (χ1) is 13.4. The highest BCUT2D eigenvalue weighted by Crippen LogP contribution is 2.20. The molecule has 11 heteroatoms. The van der Waals surface area contributed by atoms with Gasteiger partial charge in [0.05, 0.1) is 46.2 Å². The normalized spacial score (nSPS) is 11.3. The van der Waals surface area contributed by atoms with Gasteiger partial charge in [0.15, 0.2) is 5.82 Å². The molecule has 2 rings (SSSR count). The first kappa shape index (κ1) is 21.2. The zero-order valence-electron chi connectivity index (χ0n) is 15.3. The summed E-state index contributed by atoms with van der Waals surface area (Å²) in [6.45, 7) is 7.57. The molecular formula is C17H19ClN8OS. The molecule has 0 radical (unpaired) electrons. The quantitative estimate of drug-likeness (QED) is 0.449. The highest BCUT2D eigenvalue weighted by Gasteiger charge is 2.10. The summed E-state index contributed by atoms with van der Waals surface area (Å²) in [6, 6.07) is 1.05. The second-order valence-corrected chi connectivity index (χ2v) is 6.44. The maximum absolute atomic E-state index is 12.3. The van der Waals surface area contributed by atoms with Gasteiger partial charge in [0.25, 0.3) is 0 Å². The number of hydrogen-bond acceptors (Lipinski definition) is 7. The van der Waals surface area contributed by atoms with Gasteiger partial charge in [-0.25, -0.2) is 14.8 Å². The summed E-state index contributed by atoms with van der Waals surface area (Å²) >= 11 is 7.59. The number of amides is 2. The van der Waals surface area contributed by atoms with E-state index in [0.29, 0.717) is 27.9 Å². The lowest BCUT2D eigenvalue weighted by Gasteiger charge is -2.10. The fourth-order valence-corrected chi connectivity index (χ4v) is 2.22. The molecule has 2 heterocycles. The van der Waals surface area contributed by atoms with Crippen molar-refractivity contribution in [3.8, 4) is 5.82 Å². The number of hydrogen-bond donors (Lipinski definition) is 3. The van der Waals surface area contributed by atoms with Crippen LogP contribution in [0.1, 0.15) is 0 Å². The molecule has 3 N–H and O–H groups in total. The lowest BCUT2D eigenvalue weighted by Crippen LogP contribution is -2.29. The zero-order chi connectivity index (χ0) is 20.5. The van der Waals surface area contributed by atoms with Crippen LogP contribution in [0, 0.1) is 0 Å². The molecule has 146 valence electrons. The highest BCUT2D eigenvalue weighted by atomic mass is 35.5. The van der Waals surface area contributed by atoms with Crippen molar-refractivity contribution in [1.82, 2.24) is 30.6 Å². The Hall–Kier alpha value is -3.11. The van der Waals surface area contributed by atoms with Crippen molar-refractivity contribution in [2.45, 2.75) is 0 Å². The van der Waals surface area contributed by atoms with Crippen LogP contribution in [0.5, 0.6) is 0 Å². The van der Waals surface area contributed by atoms with Crippen molar-refractivity contribution in [2.75, 3.05) is 18.6 Å². The molecule has 0 fully saturated rings. The number of halogens is 1. The molecule has 2 aromatic heterocycles. The highest BCUT2D eigenvalue weighted by molar-refractivity contribution is 8.02. The summed E-state index contributed by atoms with van der Waals surface area (Å²) < 4.78 is 0. The van der Waals surface area contributed by atoms with E-state index in [1.807, 2.05) is 6.26 Å². The molecule has 0 aliphatic rings. The second kappa shape index (κ2) is 10.3. The fraction of sp³-hybridized carbons (Fsp3) is 0.118. The minimum absolute atomic E-state index is 0.283. The Balaban J connectivity index is 2.10. The van der Waals surface area contributed by atoms with E-state index in [2.05, 4.69) is 49.3 Å². The average Bonchev–Trinajstić information content (AvgIpc) is 3.20. The number of urea groups is 1. The van der Waals surface area contributed by atoms with E-state index in [4.69, 9.17) is 11.6 Å². The van der Waals surface area contributed by atoms with E-state index in [1.54, 1.807) is 19.2 Å².